The lowest BCUT2D eigenvalue weighted by atomic mass is 9.70. The normalized spacial score (nSPS) is 22.4. The first-order chi connectivity index (χ1) is 16.3. The fraction of sp³-hybridized carbons (Fsp3) is 0.357. The van der Waals surface area contributed by atoms with E-state index in [1.165, 1.54) is 5.56 Å². The Kier molecular flexibility index (Phi) is 6.89. The lowest BCUT2D eigenvalue weighted by Crippen LogP contribution is -2.57. The van der Waals surface area contributed by atoms with Crippen LogP contribution in [0.25, 0.3) is 0 Å². The molecule has 178 valence electrons. The minimum atomic E-state index is -1.33. The summed E-state index contributed by atoms with van der Waals surface area (Å²) in [6.07, 6.45) is 3.53. The molecule has 6 nitrogen and oxygen atoms in total. The van der Waals surface area contributed by atoms with E-state index in [9.17, 15) is 9.59 Å². The third kappa shape index (κ3) is 5.07. The Labute approximate surface area is 200 Å². The van der Waals surface area contributed by atoms with Gasteiger partial charge >= 0.3 is 5.97 Å². The summed E-state index contributed by atoms with van der Waals surface area (Å²) in [5, 5.41) is 0. The second-order valence-electron chi connectivity index (χ2n) is 9.46. The van der Waals surface area contributed by atoms with Crippen LogP contribution in [0.5, 0.6) is 0 Å². The Hall–Kier alpha value is -3.38. The van der Waals surface area contributed by atoms with Crippen molar-refractivity contribution in [2.75, 3.05) is 14.1 Å². The van der Waals surface area contributed by atoms with Gasteiger partial charge in [0.25, 0.3) is 5.91 Å². The number of furan rings is 1. The van der Waals surface area contributed by atoms with Crippen LogP contribution in [0.3, 0.4) is 0 Å². The van der Waals surface area contributed by atoms with Gasteiger partial charge in [0.2, 0.25) is 5.76 Å². The van der Waals surface area contributed by atoms with Gasteiger partial charge in [0.15, 0.2) is 5.60 Å². The summed E-state index contributed by atoms with van der Waals surface area (Å²) < 4.78 is 11.5. The lowest BCUT2D eigenvalue weighted by molar-refractivity contribution is -0.144. The third-order valence-corrected chi connectivity index (χ3v) is 7.13. The van der Waals surface area contributed by atoms with Crippen molar-refractivity contribution < 1.29 is 18.7 Å². The molecule has 1 heterocycles. The molecule has 4 rings (SSSR count). The molecule has 0 saturated heterocycles. The molecule has 1 aliphatic carbocycles. The second-order valence-corrected chi connectivity index (χ2v) is 9.46. The number of likely N-dealkylation sites (N-methyl/N-ethyl adjacent to an activating group) is 1. The molecule has 2 N–H and O–H groups in total. The number of carbonyl (C=O) groups excluding carboxylic acids is 2. The van der Waals surface area contributed by atoms with Gasteiger partial charge in [0, 0.05) is 12.0 Å². The number of benzene rings is 2. The van der Waals surface area contributed by atoms with Crippen molar-refractivity contribution in [1.82, 2.24) is 4.90 Å². The van der Waals surface area contributed by atoms with E-state index in [0.717, 1.165) is 12.0 Å². The first-order valence-electron chi connectivity index (χ1n) is 11.7. The highest BCUT2D eigenvalue weighted by atomic mass is 16.6. The van der Waals surface area contributed by atoms with Crippen molar-refractivity contribution in [3.8, 4) is 0 Å². The Balaban J connectivity index is 1.46. The number of nitrogens with zero attached hydrogens (tertiary/aromatic N) is 1. The van der Waals surface area contributed by atoms with Crippen molar-refractivity contribution in [2.45, 2.75) is 49.7 Å². The van der Waals surface area contributed by atoms with E-state index in [1.54, 1.807) is 12.1 Å². The SMILES string of the molecule is CN(C)C1(Cc2ccccc2)CCC(OC(=O)c2ccc(Cc3ccccc3)o2)(C(N)=O)CC1. The number of rotatable bonds is 8. The summed E-state index contributed by atoms with van der Waals surface area (Å²) in [6.45, 7) is 0. The highest BCUT2D eigenvalue weighted by Crippen LogP contribution is 2.42. The molecule has 0 aliphatic heterocycles. The van der Waals surface area contributed by atoms with Crippen LogP contribution in [0.1, 0.15) is 53.1 Å². The van der Waals surface area contributed by atoms with E-state index < -0.39 is 17.5 Å². The van der Waals surface area contributed by atoms with Gasteiger partial charge in [-0.3, -0.25) is 4.79 Å². The largest absolute Gasteiger partial charge is 0.454 e. The first-order valence-corrected chi connectivity index (χ1v) is 11.7. The zero-order valence-electron chi connectivity index (χ0n) is 19.8. The quantitative estimate of drug-likeness (QED) is 0.505. The predicted octanol–water partition coefficient (Wildman–Crippen LogP) is 4.37. The van der Waals surface area contributed by atoms with Gasteiger partial charge in [-0.05, 0) is 69.5 Å². The Morgan fingerprint density at radius 1 is 0.882 bits per heavy atom. The average Bonchev–Trinajstić information content (AvgIpc) is 3.30. The highest BCUT2D eigenvalue weighted by molar-refractivity contribution is 5.92. The maximum Gasteiger partial charge on any atom is 0.375 e. The van der Waals surface area contributed by atoms with Gasteiger partial charge < -0.3 is 19.8 Å². The van der Waals surface area contributed by atoms with Crippen LogP contribution in [-0.4, -0.2) is 42.0 Å². The minimum absolute atomic E-state index is 0.0836. The molecule has 0 spiro atoms. The minimum Gasteiger partial charge on any atom is -0.454 e. The van der Waals surface area contributed by atoms with Crippen molar-refractivity contribution in [1.29, 1.82) is 0 Å². The molecule has 1 saturated carbocycles. The molecule has 0 bridgehead atoms. The number of hydrogen-bond donors (Lipinski definition) is 1. The van der Waals surface area contributed by atoms with Crippen molar-refractivity contribution in [2.24, 2.45) is 5.73 Å². The van der Waals surface area contributed by atoms with Crippen LogP contribution in [0.15, 0.2) is 77.2 Å². The van der Waals surface area contributed by atoms with Crippen LogP contribution in [0, 0.1) is 0 Å². The van der Waals surface area contributed by atoms with E-state index in [1.807, 2.05) is 48.5 Å². The topological polar surface area (TPSA) is 85.8 Å². The Morgan fingerprint density at radius 3 is 2.03 bits per heavy atom. The molecule has 34 heavy (non-hydrogen) atoms. The molecule has 6 heteroatoms. The van der Waals surface area contributed by atoms with E-state index in [4.69, 9.17) is 14.9 Å². The number of esters is 1. The molecule has 1 amide bonds. The van der Waals surface area contributed by atoms with Gasteiger partial charge in [-0.25, -0.2) is 4.79 Å². The van der Waals surface area contributed by atoms with Gasteiger partial charge in [0.05, 0.1) is 0 Å². The summed E-state index contributed by atoms with van der Waals surface area (Å²) in [7, 11) is 4.12. The third-order valence-electron chi connectivity index (χ3n) is 7.13. The fourth-order valence-electron chi connectivity index (χ4n) is 4.88. The van der Waals surface area contributed by atoms with E-state index in [2.05, 4.69) is 31.1 Å². The molecule has 0 radical (unpaired) electrons. The molecule has 0 atom stereocenters. The van der Waals surface area contributed by atoms with Crippen LogP contribution < -0.4 is 5.73 Å². The van der Waals surface area contributed by atoms with Crippen LogP contribution >= 0.6 is 0 Å². The first kappa shape index (κ1) is 23.8. The van der Waals surface area contributed by atoms with Crippen LogP contribution in [0.2, 0.25) is 0 Å². The summed E-state index contributed by atoms with van der Waals surface area (Å²) in [6, 6.07) is 23.5. The maximum atomic E-state index is 12.9. The fourth-order valence-corrected chi connectivity index (χ4v) is 4.88. The Morgan fingerprint density at radius 2 is 1.47 bits per heavy atom. The van der Waals surface area contributed by atoms with Gasteiger partial charge in [0.1, 0.15) is 5.76 Å². The summed E-state index contributed by atoms with van der Waals surface area (Å²) >= 11 is 0. The van der Waals surface area contributed by atoms with E-state index in [0.29, 0.717) is 37.9 Å². The molecule has 1 aliphatic rings. The van der Waals surface area contributed by atoms with E-state index in [-0.39, 0.29) is 11.3 Å². The van der Waals surface area contributed by atoms with Crippen molar-refractivity contribution in [3.05, 3.63) is 95.4 Å². The molecule has 3 aromatic rings. The van der Waals surface area contributed by atoms with Crippen molar-refractivity contribution in [3.63, 3.8) is 0 Å². The predicted molar refractivity (Wildman–Crippen MR) is 130 cm³/mol. The van der Waals surface area contributed by atoms with Gasteiger partial charge in [-0.1, -0.05) is 60.7 Å². The maximum absolute atomic E-state index is 12.9. The molecular weight excluding hydrogens is 428 g/mol. The zero-order valence-corrected chi connectivity index (χ0v) is 19.8. The number of nitrogens with two attached hydrogens (primary N) is 1. The summed E-state index contributed by atoms with van der Waals surface area (Å²) in [5.74, 6) is -0.521. The monoisotopic (exact) mass is 460 g/mol. The number of primary amides is 1. The molecule has 2 aromatic carbocycles. The number of amides is 1. The zero-order chi connectivity index (χ0) is 24.2. The van der Waals surface area contributed by atoms with Crippen LogP contribution in [-0.2, 0) is 22.4 Å². The van der Waals surface area contributed by atoms with Gasteiger partial charge in [-0.15, -0.1) is 0 Å². The smallest absolute Gasteiger partial charge is 0.375 e. The summed E-state index contributed by atoms with van der Waals surface area (Å²) in [5.41, 5.74) is 6.64. The lowest BCUT2D eigenvalue weighted by Gasteiger charge is -2.48. The molecule has 0 unspecified atom stereocenters. The Bertz CT molecular complexity index is 1110. The van der Waals surface area contributed by atoms with Crippen molar-refractivity contribution >= 4 is 11.9 Å². The number of carbonyl (C=O) groups is 2. The van der Waals surface area contributed by atoms with E-state index >= 15 is 0 Å². The summed E-state index contributed by atoms with van der Waals surface area (Å²) in [4.78, 5) is 27.7. The number of ether oxygens (including phenoxy) is 1. The second kappa shape index (κ2) is 9.85. The van der Waals surface area contributed by atoms with Crippen LogP contribution in [0.4, 0.5) is 0 Å². The molecular formula is C28H32N2O4. The number of hydrogen-bond acceptors (Lipinski definition) is 5. The average molecular weight is 461 g/mol. The highest BCUT2D eigenvalue weighted by Gasteiger charge is 2.50. The van der Waals surface area contributed by atoms with Gasteiger partial charge in [-0.2, -0.15) is 0 Å². The molecule has 1 fully saturated rings. The molecule has 1 aromatic heterocycles. The standard InChI is InChI=1S/C28H32N2O4/c1-30(2)27(20-22-11-7-4-8-12-22)15-17-28(18-16-27,26(29)32)34-25(31)24-14-13-23(33-24)19-21-9-5-3-6-10-21/h3-14H,15-20H2,1-2H3,(H2,29,32).